The average Bonchev–Trinajstić information content (AvgIpc) is 2.85. The van der Waals surface area contributed by atoms with Crippen molar-refractivity contribution in [2.75, 3.05) is 32.8 Å². The lowest BCUT2D eigenvalue weighted by molar-refractivity contribution is -0.941. The number of unbranched alkanes of at least 4 members (excludes halogenated alkanes) is 9. The molecule has 0 fully saturated rings. The minimum atomic E-state index is -0.361. The number of nitrogens with zero attached hydrogens (tertiary/aromatic N) is 1. The van der Waals surface area contributed by atoms with Crippen LogP contribution in [-0.4, -0.2) is 49.3 Å². The molecule has 0 atom stereocenters. The predicted molar refractivity (Wildman–Crippen MR) is 148 cm³/mol. The third-order valence-electron chi connectivity index (χ3n) is 6.64. The number of ether oxygens (including phenoxy) is 2. The molecule has 0 amide bonds. The summed E-state index contributed by atoms with van der Waals surface area (Å²) in [5.74, 6) is -0.721. The molecule has 0 aliphatic heterocycles. The van der Waals surface area contributed by atoms with Gasteiger partial charge in [-0.25, -0.2) is 9.59 Å². The lowest BCUT2D eigenvalue weighted by Gasteiger charge is -2.39. The predicted octanol–water partition coefficient (Wildman–Crippen LogP) is 4.17. The third kappa shape index (κ3) is 16.4. The van der Waals surface area contributed by atoms with Gasteiger partial charge < -0.3 is 26.4 Å². The van der Waals surface area contributed by atoms with E-state index in [0.717, 1.165) is 19.5 Å². The molecule has 0 aliphatic rings. The van der Waals surface area contributed by atoms with E-state index in [1.165, 1.54) is 63.4 Å². The number of halogens is 1. The number of hydrogen-bond donors (Lipinski definition) is 0. The van der Waals surface area contributed by atoms with E-state index in [0.29, 0.717) is 41.9 Å². The van der Waals surface area contributed by atoms with Gasteiger partial charge in [0.05, 0.1) is 6.54 Å². The van der Waals surface area contributed by atoms with Crippen molar-refractivity contribution in [3.63, 3.8) is 0 Å². The molecule has 210 valence electrons. The van der Waals surface area contributed by atoms with Crippen molar-refractivity contribution in [1.29, 1.82) is 0 Å². The van der Waals surface area contributed by atoms with Crippen molar-refractivity contribution < 1.29 is 36.0 Å². The molecular formula is C31H50ClNO4. The molecule has 0 saturated heterocycles. The van der Waals surface area contributed by atoms with Crippen LogP contribution in [0, 0.1) is 0 Å². The zero-order valence-electron chi connectivity index (χ0n) is 23.6. The zero-order chi connectivity index (χ0) is 26.7. The first-order valence-corrected chi connectivity index (χ1v) is 13.8. The Hall–Kier alpha value is -2.11. The summed E-state index contributed by atoms with van der Waals surface area (Å²) in [6, 6.07) is 10.4. The molecule has 0 aliphatic carbocycles. The molecule has 0 unspecified atom stereocenters. The quantitative estimate of drug-likeness (QED) is 0.103. The third-order valence-corrected chi connectivity index (χ3v) is 6.64. The number of hydrogen-bond acceptors (Lipinski definition) is 4. The molecule has 1 aromatic carbocycles. The summed E-state index contributed by atoms with van der Waals surface area (Å²) in [6.07, 6.45) is 12.8. The number of quaternary nitrogens is 1. The molecule has 1 rings (SSSR count). The minimum absolute atomic E-state index is 0. The topological polar surface area (TPSA) is 52.6 Å². The van der Waals surface area contributed by atoms with Crippen molar-refractivity contribution in [1.82, 2.24) is 0 Å². The highest BCUT2D eigenvalue weighted by molar-refractivity contribution is 5.87. The van der Waals surface area contributed by atoms with Crippen LogP contribution in [0.5, 0.6) is 0 Å². The Balaban J connectivity index is 0.0000130. The van der Waals surface area contributed by atoms with E-state index < -0.39 is 0 Å². The van der Waals surface area contributed by atoms with Gasteiger partial charge in [0.2, 0.25) is 0 Å². The Kier molecular flexibility index (Phi) is 19.7. The molecular weight excluding hydrogens is 486 g/mol. The molecule has 0 heterocycles. The largest absolute Gasteiger partial charge is 1.00 e. The normalized spacial score (nSPS) is 10.9. The van der Waals surface area contributed by atoms with Gasteiger partial charge in [-0.1, -0.05) is 102 Å². The lowest BCUT2D eigenvalue weighted by Crippen LogP contribution is -3.00. The highest BCUT2D eigenvalue weighted by Crippen LogP contribution is 2.19. The van der Waals surface area contributed by atoms with Crippen LogP contribution in [0.2, 0.25) is 0 Å². The van der Waals surface area contributed by atoms with Gasteiger partial charge in [0.15, 0.2) is 0 Å². The molecule has 37 heavy (non-hydrogen) atoms. The second-order valence-corrected chi connectivity index (χ2v) is 10.2. The van der Waals surface area contributed by atoms with E-state index in [-0.39, 0.29) is 24.3 Å². The summed E-state index contributed by atoms with van der Waals surface area (Å²) in [7, 11) is 0. The van der Waals surface area contributed by atoms with Gasteiger partial charge in [-0.15, -0.1) is 0 Å². The first kappa shape index (κ1) is 34.9. The van der Waals surface area contributed by atoms with E-state index in [1.54, 1.807) is 13.8 Å². The van der Waals surface area contributed by atoms with Crippen molar-refractivity contribution >= 4 is 11.9 Å². The first-order chi connectivity index (χ1) is 17.3. The number of carbonyl (C=O) groups excluding carboxylic acids is 2. The van der Waals surface area contributed by atoms with Crippen LogP contribution in [-0.2, 0) is 25.6 Å². The Morgan fingerprint density at radius 3 is 1.57 bits per heavy atom. The summed E-state index contributed by atoms with van der Waals surface area (Å²) < 4.78 is 11.7. The molecule has 0 aromatic heterocycles. The van der Waals surface area contributed by atoms with E-state index in [2.05, 4.69) is 32.2 Å². The fourth-order valence-corrected chi connectivity index (χ4v) is 4.39. The second-order valence-electron chi connectivity index (χ2n) is 10.2. The van der Waals surface area contributed by atoms with E-state index in [4.69, 9.17) is 9.47 Å². The molecule has 5 nitrogen and oxygen atoms in total. The Morgan fingerprint density at radius 2 is 1.14 bits per heavy atom. The molecule has 0 radical (unpaired) electrons. The van der Waals surface area contributed by atoms with E-state index >= 15 is 0 Å². The van der Waals surface area contributed by atoms with Gasteiger partial charge in [-0.2, -0.15) is 0 Å². The number of rotatable bonds is 21. The van der Waals surface area contributed by atoms with Gasteiger partial charge in [0, 0.05) is 16.7 Å². The number of benzene rings is 1. The monoisotopic (exact) mass is 535 g/mol. The second kappa shape index (κ2) is 20.9. The van der Waals surface area contributed by atoms with Gasteiger partial charge >= 0.3 is 11.9 Å². The maximum atomic E-state index is 12.0. The smallest absolute Gasteiger partial charge is 0.333 e. The fraction of sp³-hybridized carbons (Fsp3) is 0.613. The number of carbonyl (C=O) groups is 2. The summed E-state index contributed by atoms with van der Waals surface area (Å²) in [5, 5.41) is 0. The number of esters is 2. The first-order valence-electron chi connectivity index (χ1n) is 13.8. The summed E-state index contributed by atoms with van der Waals surface area (Å²) in [5.41, 5.74) is 2.03. The van der Waals surface area contributed by atoms with E-state index in [9.17, 15) is 9.59 Å². The maximum Gasteiger partial charge on any atom is 0.333 e. The Morgan fingerprint density at radius 1 is 0.703 bits per heavy atom. The average molecular weight is 536 g/mol. The molecule has 0 N–H and O–H groups in total. The molecule has 0 spiro atoms. The molecule has 0 bridgehead atoms. The van der Waals surface area contributed by atoms with Crippen LogP contribution in [0.3, 0.4) is 0 Å². The van der Waals surface area contributed by atoms with Crippen LogP contribution in [0.25, 0.3) is 0 Å². The van der Waals surface area contributed by atoms with Crippen LogP contribution in [0.1, 0.15) is 90.5 Å². The molecule has 0 saturated carbocycles. The van der Waals surface area contributed by atoms with Gasteiger partial charge in [0.1, 0.15) is 32.8 Å². The van der Waals surface area contributed by atoms with E-state index in [1.807, 2.05) is 18.2 Å². The SMILES string of the molecule is C=C(C)C(=O)OCC[N+](CCCCCCCCCCCC)(CCOC(=O)C(=C)C)Cc1ccccc1.[Cl-]. The summed E-state index contributed by atoms with van der Waals surface area (Å²) in [6.45, 7) is 16.6. The lowest BCUT2D eigenvalue weighted by atomic mass is 10.1. The standard InChI is InChI=1S/C31H50NO4.ClH/c1-6-7-8-9-10-11-12-13-14-18-21-32(22-24-35-30(33)27(2)3,23-25-36-31(34)28(4)5)26-29-19-16-15-17-20-29;/h15-17,19-20H,2,4,6-14,18,21-26H2,1,3,5H3;1H/q+1;/p-1. The highest BCUT2D eigenvalue weighted by atomic mass is 35.5. The van der Waals surface area contributed by atoms with Crippen molar-refractivity contribution in [2.45, 2.75) is 91.5 Å². The summed E-state index contributed by atoms with van der Waals surface area (Å²) in [4.78, 5) is 24.0. The summed E-state index contributed by atoms with van der Waals surface area (Å²) >= 11 is 0. The van der Waals surface area contributed by atoms with Gasteiger partial charge in [0.25, 0.3) is 0 Å². The maximum absolute atomic E-state index is 12.0. The zero-order valence-corrected chi connectivity index (χ0v) is 24.3. The highest BCUT2D eigenvalue weighted by Gasteiger charge is 2.28. The van der Waals surface area contributed by atoms with Crippen molar-refractivity contribution in [3.8, 4) is 0 Å². The Labute approximate surface area is 232 Å². The van der Waals surface area contributed by atoms with Crippen molar-refractivity contribution in [2.24, 2.45) is 0 Å². The Bertz CT molecular complexity index is 762. The van der Waals surface area contributed by atoms with Crippen LogP contribution in [0.4, 0.5) is 0 Å². The van der Waals surface area contributed by atoms with Crippen LogP contribution >= 0.6 is 0 Å². The fourth-order valence-electron chi connectivity index (χ4n) is 4.39. The van der Waals surface area contributed by atoms with Crippen molar-refractivity contribution in [3.05, 3.63) is 60.2 Å². The van der Waals surface area contributed by atoms with Gasteiger partial charge in [-0.3, -0.25) is 0 Å². The van der Waals surface area contributed by atoms with Gasteiger partial charge in [-0.05, 0) is 26.7 Å². The molecule has 6 heteroatoms. The van der Waals surface area contributed by atoms with Crippen LogP contribution in [0.15, 0.2) is 54.6 Å². The molecule has 1 aromatic rings. The van der Waals surface area contributed by atoms with Crippen LogP contribution < -0.4 is 12.4 Å². The minimum Gasteiger partial charge on any atom is -1.00 e.